The Morgan fingerprint density at radius 2 is 2.00 bits per heavy atom. The maximum Gasteiger partial charge on any atom is 0.260 e. The number of nitrogens with zero attached hydrogens (tertiary/aromatic N) is 2. The first kappa shape index (κ1) is 17.2. The molecule has 1 amide bonds. The lowest BCUT2D eigenvalue weighted by atomic mass is 10.2. The predicted molar refractivity (Wildman–Crippen MR) is 102 cm³/mol. The molecule has 0 spiro atoms. The van der Waals surface area contributed by atoms with Gasteiger partial charge in [-0.3, -0.25) is 4.79 Å². The van der Waals surface area contributed by atoms with Gasteiger partial charge in [0.2, 0.25) is 0 Å². The van der Waals surface area contributed by atoms with Crippen LogP contribution in [-0.2, 0) is 4.79 Å². The Labute approximate surface area is 150 Å². The van der Waals surface area contributed by atoms with Crippen LogP contribution < -0.4 is 4.74 Å². The molecule has 0 fully saturated rings. The van der Waals surface area contributed by atoms with E-state index in [-0.39, 0.29) is 24.6 Å². The van der Waals surface area contributed by atoms with Crippen molar-refractivity contribution in [2.75, 3.05) is 6.61 Å². The van der Waals surface area contributed by atoms with Gasteiger partial charge in [0, 0.05) is 23.5 Å². The van der Waals surface area contributed by atoms with Crippen LogP contribution in [0.5, 0.6) is 5.75 Å². The molecular weight excluding hydrogens is 340 g/mol. The lowest BCUT2D eigenvalue weighted by molar-refractivity contribution is -0.136. The molecule has 0 saturated heterocycles. The van der Waals surface area contributed by atoms with Crippen molar-refractivity contribution in [1.29, 1.82) is 0 Å². The van der Waals surface area contributed by atoms with Crippen molar-refractivity contribution in [3.63, 3.8) is 0 Å². The molecule has 0 aliphatic carbocycles. The maximum absolute atomic E-state index is 12.5. The van der Waals surface area contributed by atoms with E-state index in [4.69, 9.17) is 4.74 Å². The predicted octanol–water partition coefficient (Wildman–Crippen LogP) is 4.84. The quantitative estimate of drug-likeness (QED) is 0.652. The van der Waals surface area contributed by atoms with Crippen LogP contribution in [0.25, 0.3) is 20.3 Å². The molecule has 0 aliphatic rings. The third kappa shape index (κ3) is 3.13. The van der Waals surface area contributed by atoms with Gasteiger partial charge in [0.15, 0.2) is 6.61 Å². The summed E-state index contributed by atoms with van der Waals surface area (Å²) in [4.78, 5) is 19.0. The van der Waals surface area contributed by atoms with E-state index in [1.807, 2.05) is 57.0 Å². The maximum atomic E-state index is 12.5. The Bertz CT molecular complexity index is 872. The summed E-state index contributed by atoms with van der Waals surface area (Å²) >= 11 is 3.32. The van der Waals surface area contributed by atoms with Crippen LogP contribution in [0.4, 0.5) is 0 Å². The highest BCUT2D eigenvalue weighted by Crippen LogP contribution is 2.38. The topological polar surface area (TPSA) is 42.4 Å². The number of benzene rings is 1. The zero-order chi connectivity index (χ0) is 17.4. The van der Waals surface area contributed by atoms with Gasteiger partial charge in [0.25, 0.3) is 5.91 Å². The van der Waals surface area contributed by atoms with Crippen LogP contribution >= 0.6 is 22.7 Å². The van der Waals surface area contributed by atoms with Crippen molar-refractivity contribution in [2.45, 2.75) is 46.7 Å². The van der Waals surface area contributed by atoms with Gasteiger partial charge in [-0.15, -0.1) is 22.7 Å². The van der Waals surface area contributed by atoms with Crippen molar-refractivity contribution in [1.82, 2.24) is 9.88 Å². The molecule has 0 atom stereocenters. The Morgan fingerprint density at radius 3 is 2.67 bits per heavy atom. The molecule has 0 bridgehead atoms. The minimum Gasteiger partial charge on any atom is -0.483 e. The number of aromatic nitrogens is 1. The number of thiophene rings is 1. The number of hydrogen-bond acceptors (Lipinski definition) is 5. The first-order chi connectivity index (χ1) is 11.4. The molecule has 2 heterocycles. The van der Waals surface area contributed by atoms with Gasteiger partial charge in [0.05, 0.1) is 19.9 Å². The first-order valence-electron chi connectivity index (χ1n) is 8.09. The number of carbonyl (C=O) groups excluding carboxylic acids is 1. The van der Waals surface area contributed by atoms with Gasteiger partial charge in [-0.25, -0.2) is 4.98 Å². The summed E-state index contributed by atoms with van der Waals surface area (Å²) in [6, 6.07) is 4.37. The number of hydrogen-bond donors (Lipinski definition) is 0. The summed E-state index contributed by atoms with van der Waals surface area (Å²) in [5.74, 6) is 0.784. The molecule has 0 aliphatic heterocycles. The summed E-state index contributed by atoms with van der Waals surface area (Å²) in [5.41, 5.74) is 1.03. The average Bonchev–Trinajstić information content (AvgIpc) is 3.08. The van der Waals surface area contributed by atoms with Crippen molar-refractivity contribution in [3.05, 3.63) is 22.5 Å². The fourth-order valence-electron chi connectivity index (χ4n) is 3.09. The second-order valence-electron chi connectivity index (χ2n) is 6.39. The number of ether oxygens (including phenoxy) is 1. The molecule has 1 aromatic carbocycles. The Kier molecular flexibility index (Phi) is 4.78. The van der Waals surface area contributed by atoms with E-state index in [1.165, 1.54) is 0 Å². The number of fused-ring (bicyclic) bond motifs is 3. The van der Waals surface area contributed by atoms with Crippen LogP contribution in [-0.4, -0.2) is 34.5 Å². The second kappa shape index (κ2) is 6.69. The molecule has 0 N–H and O–H groups in total. The molecule has 0 saturated carbocycles. The molecule has 128 valence electrons. The summed E-state index contributed by atoms with van der Waals surface area (Å²) in [7, 11) is 0. The van der Waals surface area contributed by atoms with Crippen molar-refractivity contribution in [3.8, 4) is 5.75 Å². The molecule has 6 heteroatoms. The third-order valence-corrected chi connectivity index (χ3v) is 5.76. The minimum atomic E-state index is 0.0176. The molecular formula is C18H22N2O2S2. The van der Waals surface area contributed by atoms with E-state index in [2.05, 4.69) is 4.98 Å². The lowest BCUT2D eigenvalue weighted by Crippen LogP contribution is -2.44. The van der Waals surface area contributed by atoms with E-state index in [9.17, 15) is 4.79 Å². The normalized spacial score (nSPS) is 11.8. The number of thiazole rings is 1. The van der Waals surface area contributed by atoms with Crippen LogP contribution in [0.1, 0.15) is 32.7 Å². The summed E-state index contributed by atoms with van der Waals surface area (Å²) in [5, 5.41) is 4.12. The summed E-state index contributed by atoms with van der Waals surface area (Å²) in [6.07, 6.45) is 0. The first-order valence-corrected chi connectivity index (χ1v) is 9.79. The average molecular weight is 363 g/mol. The second-order valence-corrected chi connectivity index (χ2v) is 8.55. The third-order valence-electron chi connectivity index (χ3n) is 3.92. The van der Waals surface area contributed by atoms with E-state index in [1.54, 1.807) is 22.7 Å². The van der Waals surface area contributed by atoms with Crippen molar-refractivity contribution >= 4 is 48.9 Å². The van der Waals surface area contributed by atoms with E-state index in [0.29, 0.717) is 0 Å². The van der Waals surface area contributed by atoms with Crippen molar-refractivity contribution < 1.29 is 9.53 Å². The number of amides is 1. The monoisotopic (exact) mass is 362 g/mol. The Morgan fingerprint density at radius 1 is 1.29 bits per heavy atom. The van der Waals surface area contributed by atoms with Crippen LogP contribution in [0.2, 0.25) is 0 Å². The zero-order valence-corrected chi connectivity index (χ0v) is 16.3. The molecule has 0 unspecified atom stereocenters. The Hall–Kier alpha value is -1.66. The highest BCUT2D eigenvalue weighted by Gasteiger charge is 2.21. The minimum absolute atomic E-state index is 0.0176. The molecule has 3 aromatic rings. The number of rotatable bonds is 5. The molecule has 2 aromatic heterocycles. The van der Waals surface area contributed by atoms with Gasteiger partial charge in [-0.05, 0) is 46.1 Å². The van der Waals surface area contributed by atoms with Gasteiger partial charge >= 0.3 is 0 Å². The zero-order valence-electron chi connectivity index (χ0n) is 14.6. The number of aryl methyl sites for hydroxylation is 1. The van der Waals surface area contributed by atoms with Gasteiger partial charge in [-0.2, -0.15) is 0 Å². The summed E-state index contributed by atoms with van der Waals surface area (Å²) < 4.78 is 8.17. The van der Waals surface area contributed by atoms with E-state index >= 15 is 0 Å². The van der Waals surface area contributed by atoms with Gasteiger partial charge < -0.3 is 9.64 Å². The Balaban J connectivity index is 1.89. The molecule has 0 radical (unpaired) electrons. The van der Waals surface area contributed by atoms with Gasteiger partial charge in [0.1, 0.15) is 5.75 Å². The number of carbonyl (C=O) groups is 1. The van der Waals surface area contributed by atoms with Crippen LogP contribution in [0, 0.1) is 6.92 Å². The van der Waals surface area contributed by atoms with E-state index in [0.717, 1.165) is 31.1 Å². The molecule has 4 nitrogen and oxygen atoms in total. The summed E-state index contributed by atoms with van der Waals surface area (Å²) in [6.45, 7) is 10.2. The van der Waals surface area contributed by atoms with Crippen LogP contribution in [0.15, 0.2) is 17.5 Å². The smallest absolute Gasteiger partial charge is 0.260 e. The standard InChI is InChI=1S/C18H22N2O2S2/c1-10(2)20(11(3)4)16(21)9-22-14-8-15-17(19-12(5)24-15)18-13(14)6-7-23-18/h6-8,10-11H,9H2,1-5H3. The van der Waals surface area contributed by atoms with E-state index < -0.39 is 0 Å². The SMILES string of the molecule is Cc1nc2c(cc(OCC(=O)N(C(C)C)C(C)C)c3ccsc32)s1. The van der Waals surface area contributed by atoms with Crippen molar-refractivity contribution in [2.24, 2.45) is 0 Å². The lowest BCUT2D eigenvalue weighted by Gasteiger charge is -2.30. The van der Waals surface area contributed by atoms with Crippen LogP contribution in [0.3, 0.4) is 0 Å². The van der Waals surface area contributed by atoms with Gasteiger partial charge in [-0.1, -0.05) is 0 Å². The highest BCUT2D eigenvalue weighted by molar-refractivity contribution is 7.21. The largest absolute Gasteiger partial charge is 0.483 e. The molecule has 3 rings (SSSR count). The fourth-order valence-corrected chi connectivity index (χ4v) is 4.93. The highest BCUT2D eigenvalue weighted by atomic mass is 32.1. The fraction of sp³-hybridized carbons (Fsp3) is 0.444. The molecule has 24 heavy (non-hydrogen) atoms.